The van der Waals surface area contributed by atoms with Crippen LogP contribution in [0.1, 0.15) is 38.3 Å². The highest BCUT2D eigenvalue weighted by Crippen LogP contribution is 2.30. The number of nitrogens with two attached hydrogens (primary N) is 1. The highest BCUT2D eigenvalue weighted by molar-refractivity contribution is 5.27. The molecule has 0 aromatic heterocycles. The van der Waals surface area contributed by atoms with E-state index in [0.717, 1.165) is 13.0 Å². The zero-order valence-electron chi connectivity index (χ0n) is 10.4. The first-order valence-electron chi connectivity index (χ1n) is 5.73. The highest BCUT2D eigenvalue weighted by Gasteiger charge is 2.22. The van der Waals surface area contributed by atoms with Crippen molar-refractivity contribution < 1.29 is 0 Å². The zero-order chi connectivity index (χ0) is 11.5. The van der Waals surface area contributed by atoms with Crippen LogP contribution >= 0.6 is 0 Å². The average molecular weight is 205 g/mol. The number of hydrogen-bond acceptors (Lipinski definition) is 1. The van der Waals surface area contributed by atoms with E-state index >= 15 is 0 Å². The molecular weight excluding hydrogens is 182 g/mol. The summed E-state index contributed by atoms with van der Waals surface area (Å²) in [5.74, 6) is 0.585. The van der Waals surface area contributed by atoms with Gasteiger partial charge in [-0.1, -0.05) is 50.6 Å². The van der Waals surface area contributed by atoms with Crippen LogP contribution in [-0.2, 0) is 5.41 Å². The van der Waals surface area contributed by atoms with Crippen LogP contribution in [0.4, 0.5) is 0 Å². The number of rotatable bonds is 4. The van der Waals surface area contributed by atoms with E-state index < -0.39 is 0 Å². The third-order valence-corrected chi connectivity index (χ3v) is 3.09. The van der Waals surface area contributed by atoms with Gasteiger partial charge < -0.3 is 5.73 Å². The average Bonchev–Trinajstić information content (AvgIpc) is 2.17. The Morgan fingerprint density at radius 1 is 1.20 bits per heavy atom. The van der Waals surface area contributed by atoms with Crippen molar-refractivity contribution in [2.24, 2.45) is 11.7 Å². The second-order valence-electron chi connectivity index (χ2n) is 5.29. The Morgan fingerprint density at radius 2 is 1.73 bits per heavy atom. The maximum atomic E-state index is 5.68. The van der Waals surface area contributed by atoms with Gasteiger partial charge >= 0.3 is 0 Å². The van der Waals surface area contributed by atoms with E-state index in [1.54, 1.807) is 0 Å². The topological polar surface area (TPSA) is 26.0 Å². The van der Waals surface area contributed by atoms with Gasteiger partial charge in [0.15, 0.2) is 0 Å². The van der Waals surface area contributed by atoms with Crippen LogP contribution in [0, 0.1) is 12.8 Å². The van der Waals surface area contributed by atoms with Gasteiger partial charge in [-0.2, -0.15) is 0 Å². The van der Waals surface area contributed by atoms with E-state index in [9.17, 15) is 0 Å². The molecule has 0 fully saturated rings. The molecule has 0 saturated carbocycles. The Balaban J connectivity index is 2.80. The lowest BCUT2D eigenvalue weighted by atomic mass is 9.77. The summed E-state index contributed by atoms with van der Waals surface area (Å²) < 4.78 is 0. The third-order valence-electron chi connectivity index (χ3n) is 3.09. The molecule has 0 spiro atoms. The molecule has 1 aromatic carbocycles. The van der Waals surface area contributed by atoms with E-state index in [1.165, 1.54) is 11.1 Å². The molecule has 2 N–H and O–H groups in total. The van der Waals surface area contributed by atoms with Crippen molar-refractivity contribution >= 4 is 0 Å². The van der Waals surface area contributed by atoms with Crippen molar-refractivity contribution in [3.8, 4) is 0 Å². The lowest BCUT2D eigenvalue weighted by Gasteiger charge is -2.28. The van der Waals surface area contributed by atoms with Crippen molar-refractivity contribution in [1.29, 1.82) is 0 Å². The summed E-state index contributed by atoms with van der Waals surface area (Å²) in [6.45, 7) is 9.71. The monoisotopic (exact) mass is 205 g/mol. The maximum absolute atomic E-state index is 5.68. The lowest BCUT2D eigenvalue weighted by Crippen LogP contribution is -2.24. The Morgan fingerprint density at radius 3 is 2.20 bits per heavy atom. The van der Waals surface area contributed by atoms with Gasteiger partial charge in [-0.3, -0.25) is 0 Å². The molecule has 1 atom stereocenters. The first-order chi connectivity index (χ1) is 6.95. The Labute approximate surface area is 93.7 Å². The standard InChI is InChI=1S/C14H23N/c1-11-5-7-13(8-6-11)14(3,4)9-12(2)10-15/h5-8,12H,9-10,15H2,1-4H3. The predicted molar refractivity (Wildman–Crippen MR) is 67.0 cm³/mol. The molecule has 0 radical (unpaired) electrons. The zero-order valence-corrected chi connectivity index (χ0v) is 10.4. The van der Waals surface area contributed by atoms with Crippen molar-refractivity contribution in [3.63, 3.8) is 0 Å². The summed E-state index contributed by atoms with van der Waals surface area (Å²) in [6.07, 6.45) is 1.15. The highest BCUT2D eigenvalue weighted by atomic mass is 14.5. The van der Waals surface area contributed by atoms with Crippen molar-refractivity contribution in [1.82, 2.24) is 0 Å². The Bertz CT molecular complexity index is 298. The van der Waals surface area contributed by atoms with Gasteiger partial charge in [-0.15, -0.1) is 0 Å². The molecule has 1 unspecified atom stereocenters. The first-order valence-corrected chi connectivity index (χ1v) is 5.73. The van der Waals surface area contributed by atoms with E-state index in [0.29, 0.717) is 5.92 Å². The molecule has 0 aliphatic rings. The maximum Gasteiger partial charge on any atom is -0.00512 e. The molecule has 15 heavy (non-hydrogen) atoms. The fourth-order valence-corrected chi connectivity index (χ4v) is 2.08. The van der Waals surface area contributed by atoms with Crippen LogP contribution in [0.25, 0.3) is 0 Å². The Hall–Kier alpha value is -0.820. The van der Waals surface area contributed by atoms with Crippen LogP contribution in [0.3, 0.4) is 0 Å². The molecular formula is C14H23N. The van der Waals surface area contributed by atoms with Gasteiger partial charge in [-0.25, -0.2) is 0 Å². The fourth-order valence-electron chi connectivity index (χ4n) is 2.08. The minimum absolute atomic E-state index is 0.229. The lowest BCUT2D eigenvalue weighted by molar-refractivity contribution is 0.385. The van der Waals surface area contributed by atoms with Crippen molar-refractivity contribution in [3.05, 3.63) is 35.4 Å². The minimum atomic E-state index is 0.229. The van der Waals surface area contributed by atoms with E-state index in [1.807, 2.05) is 0 Å². The van der Waals surface area contributed by atoms with Gasteiger partial charge in [0.1, 0.15) is 0 Å². The van der Waals surface area contributed by atoms with E-state index in [-0.39, 0.29) is 5.41 Å². The quantitative estimate of drug-likeness (QED) is 0.802. The molecule has 0 bridgehead atoms. The van der Waals surface area contributed by atoms with Crippen molar-refractivity contribution in [2.75, 3.05) is 6.54 Å². The SMILES string of the molecule is Cc1ccc(C(C)(C)CC(C)CN)cc1. The summed E-state index contributed by atoms with van der Waals surface area (Å²) >= 11 is 0. The predicted octanol–water partition coefficient (Wildman–Crippen LogP) is 3.26. The van der Waals surface area contributed by atoms with Crippen LogP contribution in [0.2, 0.25) is 0 Å². The number of hydrogen-bond donors (Lipinski definition) is 1. The van der Waals surface area contributed by atoms with Crippen LogP contribution < -0.4 is 5.73 Å². The molecule has 0 saturated heterocycles. The molecule has 1 nitrogen and oxygen atoms in total. The molecule has 0 heterocycles. The van der Waals surface area contributed by atoms with Crippen molar-refractivity contribution in [2.45, 2.75) is 39.5 Å². The summed E-state index contributed by atoms with van der Waals surface area (Å²) in [7, 11) is 0. The molecule has 84 valence electrons. The largest absolute Gasteiger partial charge is 0.330 e. The molecule has 0 amide bonds. The van der Waals surface area contributed by atoms with Crippen LogP contribution in [-0.4, -0.2) is 6.54 Å². The third kappa shape index (κ3) is 3.35. The fraction of sp³-hybridized carbons (Fsp3) is 0.571. The molecule has 1 aromatic rings. The molecule has 0 aliphatic heterocycles. The summed E-state index contributed by atoms with van der Waals surface area (Å²) in [5, 5.41) is 0. The second-order valence-corrected chi connectivity index (χ2v) is 5.29. The minimum Gasteiger partial charge on any atom is -0.330 e. The Kier molecular flexibility index (Phi) is 3.92. The van der Waals surface area contributed by atoms with E-state index in [2.05, 4.69) is 52.0 Å². The second kappa shape index (κ2) is 4.80. The van der Waals surface area contributed by atoms with Crippen LogP contribution in [0.15, 0.2) is 24.3 Å². The van der Waals surface area contributed by atoms with Crippen LogP contribution in [0.5, 0.6) is 0 Å². The molecule has 0 aliphatic carbocycles. The first kappa shape index (κ1) is 12.3. The smallest absolute Gasteiger partial charge is 0.00512 e. The summed E-state index contributed by atoms with van der Waals surface area (Å²) in [6, 6.07) is 8.84. The summed E-state index contributed by atoms with van der Waals surface area (Å²) in [5.41, 5.74) is 8.64. The van der Waals surface area contributed by atoms with Gasteiger partial charge in [0.25, 0.3) is 0 Å². The molecule has 1 rings (SSSR count). The van der Waals surface area contributed by atoms with E-state index in [4.69, 9.17) is 5.73 Å². The number of benzene rings is 1. The van der Waals surface area contributed by atoms with Gasteiger partial charge in [0, 0.05) is 0 Å². The van der Waals surface area contributed by atoms with Gasteiger partial charge in [0.05, 0.1) is 0 Å². The normalized spacial score (nSPS) is 13.9. The van der Waals surface area contributed by atoms with Gasteiger partial charge in [0.2, 0.25) is 0 Å². The summed E-state index contributed by atoms with van der Waals surface area (Å²) in [4.78, 5) is 0. The van der Waals surface area contributed by atoms with Gasteiger partial charge in [-0.05, 0) is 36.8 Å². The molecule has 1 heteroatoms. The number of aryl methyl sites for hydroxylation is 1.